The molecule has 1 unspecified atom stereocenters. The lowest BCUT2D eigenvalue weighted by atomic mass is 9.96. The molecule has 0 amide bonds. The summed E-state index contributed by atoms with van der Waals surface area (Å²) in [7, 11) is 0. The number of nitrogens with one attached hydrogen (secondary N) is 1. The first-order valence-corrected chi connectivity index (χ1v) is 8.18. The molecule has 2 aliphatic rings. The van der Waals surface area contributed by atoms with Crippen molar-refractivity contribution in [2.45, 2.75) is 58.7 Å². The number of thiazole rings is 1. The number of hydrogen-bond donors (Lipinski definition) is 1. The number of nitrogens with zero attached hydrogens (tertiary/aromatic N) is 2. The maximum Gasteiger partial charge on any atom is 0.107 e. The molecule has 2 heterocycles. The number of aromatic nitrogens is 1. The lowest BCUT2D eigenvalue weighted by molar-refractivity contribution is 0.0758. The summed E-state index contributed by atoms with van der Waals surface area (Å²) < 4.78 is 0. The van der Waals surface area contributed by atoms with Crippen molar-refractivity contribution in [3.05, 3.63) is 15.6 Å². The van der Waals surface area contributed by atoms with E-state index in [1.807, 2.05) is 11.3 Å². The monoisotopic (exact) mass is 279 g/mol. The molecule has 4 heteroatoms. The van der Waals surface area contributed by atoms with E-state index in [1.54, 1.807) is 0 Å². The van der Waals surface area contributed by atoms with E-state index in [0.717, 1.165) is 31.6 Å². The van der Waals surface area contributed by atoms with Crippen molar-refractivity contribution in [3.63, 3.8) is 0 Å². The molecule has 1 aliphatic heterocycles. The van der Waals surface area contributed by atoms with Crippen molar-refractivity contribution >= 4 is 11.3 Å². The van der Waals surface area contributed by atoms with Gasteiger partial charge in [0.2, 0.25) is 0 Å². The highest BCUT2D eigenvalue weighted by Gasteiger charge is 2.41. The minimum Gasteiger partial charge on any atom is -0.309 e. The van der Waals surface area contributed by atoms with E-state index in [9.17, 15) is 0 Å². The van der Waals surface area contributed by atoms with Gasteiger partial charge in [0.1, 0.15) is 5.01 Å². The Labute approximate surface area is 120 Å². The van der Waals surface area contributed by atoms with E-state index in [-0.39, 0.29) is 5.54 Å². The second-order valence-corrected chi connectivity index (χ2v) is 8.11. The van der Waals surface area contributed by atoms with Crippen molar-refractivity contribution < 1.29 is 0 Å². The molecule has 1 atom stereocenters. The molecule has 0 bridgehead atoms. The third kappa shape index (κ3) is 3.01. The summed E-state index contributed by atoms with van der Waals surface area (Å²) in [6.07, 6.45) is 2.83. The fraction of sp³-hybridized carbons (Fsp3) is 0.800. The summed E-state index contributed by atoms with van der Waals surface area (Å²) in [6, 6.07) is 0.720. The molecule has 3 nitrogen and oxygen atoms in total. The van der Waals surface area contributed by atoms with Crippen LogP contribution in [0.4, 0.5) is 0 Å². The lowest BCUT2D eigenvalue weighted by Crippen LogP contribution is -2.61. The predicted octanol–water partition coefficient (Wildman–Crippen LogP) is 2.72. The van der Waals surface area contributed by atoms with Gasteiger partial charge in [0.25, 0.3) is 0 Å². The van der Waals surface area contributed by atoms with Gasteiger partial charge in [-0.25, -0.2) is 4.98 Å². The normalized spacial score (nSPS) is 27.7. The Balaban J connectivity index is 1.74. The minimum absolute atomic E-state index is 0.229. The Morgan fingerprint density at radius 3 is 2.68 bits per heavy atom. The molecular weight excluding hydrogens is 254 g/mol. The Hall–Kier alpha value is -0.450. The van der Waals surface area contributed by atoms with Gasteiger partial charge >= 0.3 is 0 Å². The Morgan fingerprint density at radius 1 is 1.37 bits per heavy atom. The first-order valence-electron chi connectivity index (χ1n) is 7.36. The summed E-state index contributed by atoms with van der Waals surface area (Å²) in [5, 5.41) is 4.99. The van der Waals surface area contributed by atoms with Crippen molar-refractivity contribution in [3.8, 4) is 0 Å². The second-order valence-electron chi connectivity index (χ2n) is 6.82. The van der Waals surface area contributed by atoms with E-state index >= 15 is 0 Å². The highest BCUT2D eigenvalue weighted by Crippen LogP contribution is 2.38. The zero-order valence-electron chi connectivity index (χ0n) is 12.5. The Bertz CT molecular complexity index is 442. The van der Waals surface area contributed by atoms with Gasteiger partial charge in [0, 0.05) is 29.5 Å². The molecule has 1 saturated heterocycles. The van der Waals surface area contributed by atoms with Crippen molar-refractivity contribution in [1.29, 1.82) is 0 Å². The SMILES string of the molecule is Cc1nc(CN2CC(C)(C)NCC2C2CC2)sc1C. The van der Waals surface area contributed by atoms with Gasteiger partial charge in [-0.2, -0.15) is 0 Å². The second kappa shape index (κ2) is 4.83. The quantitative estimate of drug-likeness (QED) is 0.922. The van der Waals surface area contributed by atoms with Gasteiger partial charge in [-0.15, -0.1) is 11.3 Å². The number of hydrogen-bond acceptors (Lipinski definition) is 4. The molecule has 106 valence electrons. The van der Waals surface area contributed by atoms with Crippen molar-refractivity contribution in [2.24, 2.45) is 5.92 Å². The first kappa shape index (κ1) is 13.5. The van der Waals surface area contributed by atoms with Crippen LogP contribution < -0.4 is 5.32 Å². The molecule has 1 aromatic rings. The van der Waals surface area contributed by atoms with E-state index in [4.69, 9.17) is 4.98 Å². The summed E-state index contributed by atoms with van der Waals surface area (Å²) in [5.41, 5.74) is 1.43. The molecule has 3 rings (SSSR count). The summed E-state index contributed by atoms with van der Waals surface area (Å²) >= 11 is 1.87. The Kier molecular flexibility index (Phi) is 3.44. The van der Waals surface area contributed by atoms with Gasteiger partial charge in [0.15, 0.2) is 0 Å². The predicted molar refractivity (Wildman–Crippen MR) is 80.6 cm³/mol. The number of piperazine rings is 1. The highest BCUT2D eigenvalue weighted by atomic mass is 32.1. The molecule has 1 aromatic heterocycles. The summed E-state index contributed by atoms with van der Waals surface area (Å²) in [6.45, 7) is 12.2. The van der Waals surface area contributed by atoms with Crippen LogP contribution in [0.25, 0.3) is 0 Å². The van der Waals surface area contributed by atoms with Gasteiger partial charge in [-0.05, 0) is 46.5 Å². The third-order valence-electron chi connectivity index (χ3n) is 4.43. The van der Waals surface area contributed by atoms with Crippen LogP contribution in [0, 0.1) is 19.8 Å². The molecule has 19 heavy (non-hydrogen) atoms. The molecule has 0 aromatic carbocycles. The molecule has 0 spiro atoms. The van der Waals surface area contributed by atoms with E-state index in [1.165, 1.54) is 28.4 Å². The van der Waals surface area contributed by atoms with Crippen LogP contribution >= 0.6 is 11.3 Å². The molecular formula is C15H25N3S. The largest absolute Gasteiger partial charge is 0.309 e. The maximum absolute atomic E-state index is 4.72. The standard InChI is InChI=1S/C15H25N3S/c1-10-11(2)19-14(17-10)8-18-9-15(3,4)16-7-13(18)12-5-6-12/h12-13,16H,5-9H2,1-4H3. The smallest absolute Gasteiger partial charge is 0.107 e. The highest BCUT2D eigenvalue weighted by molar-refractivity contribution is 7.11. The van der Waals surface area contributed by atoms with Crippen LogP contribution in [0.5, 0.6) is 0 Å². The van der Waals surface area contributed by atoms with Gasteiger partial charge in [-0.1, -0.05) is 0 Å². The van der Waals surface area contributed by atoms with Gasteiger partial charge < -0.3 is 5.32 Å². The zero-order valence-corrected chi connectivity index (χ0v) is 13.3. The number of rotatable bonds is 3. The van der Waals surface area contributed by atoms with Crippen LogP contribution in [-0.2, 0) is 6.54 Å². The minimum atomic E-state index is 0.229. The van der Waals surface area contributed by atoms with Crippen LogP contribution in [0.15, 0.2) is 0 Å². The van der Waals surface area contributed by atoms with E-state index in [0.29, 0.717) is 0 Å². The fourth-order valence-electron chi connectivity index (χ4n) is 3.09. The molecule has 1 aliphatic carbocycles. The van der Waals surface area contributed by atoms with Gasteiger partial charge in [-0.3, -0.25) is 4.90 Å². The molecule has 0 radical (unpaired) electrons. The van der Waals surface area contributed by atoms with Crippen LogP contribution in [0.3, 0.4) is 0 Å². The molecule has 2 fully saturated rings. The van der Waals surface area contributed by atoms with Crippen LogP contribution in [0.2, 0.25) is 0 Å². The van der Waals surface area contributed by atoms with E-state index in [2.05, 4.69) is 37.9 Å². The first-order chi connectivity index (χ1) is 8.94. The summed E-state index contributed by atoms with van der Waals surface area (Å²) in [4.78, 5) is 8.76. The summed E-state index contributed by atoms with van der Waals surface area (Å²) in [5.74, 6) is 0.922. The third-order valence-corrected chi connectivity index (χ3v) is 5.49. The van der Waals surface area contributed by atoms with Gasteiger partial charge in [0.05, 0.1) is 12.2 Å². The Morgan fingerprint density at radius 2 is 2.11 bits per heavy atom. The average molecular weight is 279 g/mol. The van der Waals surface area contributed by atoms with Crippen molar-refractivity contribution in [2.75, 3.05) is 13.1 Å². The molecule has 1 saturated carbocycles. The topological polar surface area (TPSA) is 28.2 Å². The maximum atomic E-state index is 4.72. The zero-order chi connectivity index (χ0) is 13.6. The lowest BCUT2D eigenvalue weighted by Gasteiger charge is -2.44. The van der Waals surface area contributed by atoms with E-state index < -0.39 is 0 Å². The average Bonchev–Trinajstić information content (AvgIpc) is 3.07. The van der Waals surface area contributed by atoms with Crippen LogP contribution in [-0.4, -0.2) is 34.6 Å². The number of aryl methyl sites for hydroxylation is 2. The fourth-order valence-corrected chi connectivity index (χ4v) is 4.05. The van der Waals surface area contributed by atoms with Crippen molar-refractivity contribution in [1.82, 2.24) is 15.2 Å². The van der Waals surface area contributed by atoms with Crippen LogP contribution in [0.1, 0.15) is 42.3 Å². The molecule has 1 N–H and O–H groups in total.